The van der Waals surface area contributed by atoms with Gasteiger partial charge in [0.2, 0.25) is 5.91 Å². The topological polar surface area (TPSA) is 49.6 Å². The van der Waals surface area contributed by atoms with Gasteiger partial charge in [0.1, 0.15) is 0 Å². The number of carbonyl (C=O) groups is 1. The van der Waals surface area contributed by atoms with Crippen LogP contribution in [0.4, 0.5) is 5.00 Å². The number of nitrogens with zero attached hydrogens (tertiary/aromatic N) is 2. The zero-order valence-electron chi connectivity index (χ0n) is 11.8. The van der Waals surface area contributed by atoms with Gasteiger partial charge < -0.3 is 15.5 Å². The second-order valence-electron chi connectivity index (χ2n) is 5.88. The summed E-state index contributed by atoms with van der Waals surface area (Å²) in [5, 5.41) is 3.42. The van der Waals surface area contributed by atoms with Gasteiger partial charge in [0, 0.05) is 38.6 Å². The van der Waals surface area contributed by atoms with Gasteiger partial charge >= 0.3 is 0 Å². The molecule has 1 aromatic rings. The van der Waals surface area contributed by atoms with Crippen LogP contribution in [0.2, 0.25) is 0 Å². The summed E-state index contributed by atoms with van der Waals surface area (Å²) in [6, 6.07) is 4.48. The number of hydrogen-bond donors (Lipinski definition) is 1. The summed E-state index contributed by atoms with van der Waals surface area (Å²) in [5.74, 6) is 0.719. The summed E-state index contributed by atoms with van der Waals surface area (Å²) in [6.07, 6.45) is 4.05. The standard InChI is InChI=1S/C15H23N3OS/c16-13-4-1-3-12(13)11-14(19)17-6-8-18(9-7-17)15-5-2-10-20-15/h2,5,10,12-13H,1,3-4,6-9,11,16H2/t12-,13+/m0/s1. The summed E-state index contributed by atoms with van der Waals surface area (Å²) in [6.45, 7) is 3.59. The van der Waals surface area contributed by atoms with E-state index in [1.165, 1.54) is 11.4 Å². The molecule has 1 saturated carbocycles. The average molecular weight is 293 g/mol. The molecule has 1 saturated heterocycles. The van der Waals surface area contributed by atoms with Crippen LogP contribution in [0.15, 0.2) is 17.5 Å². The van der Waals surface area contributed by atoms with Crippen molar-refractivity contribution in [1.82, 2.24) is 4.90 Å². The molecular formula is C15H23N3OS. The monoisotopic (exact) mass is 293 g/mol. The van der Waals surface area contributed by atoms with Crippen molar-refractivity contribution in [3.05, 3.63) is 17.5 Å². The smallest absolute Gasteiger partial charge is 0.223 e. The van der Waals surface area contributed by atoms with E-state index in [4.69, 9.17) is 5.73 Å². The number of nitrogens with two attached hydrogens (primary N) is 1. The molecule has 2 fully saturated rings. The fourth-order valence-corrected chi connectivity index (χ4v) is 4.08. The van der Waals surface area contributed by atoms with Gasteiger partial charge in [0.15, 0.2) is 0 Å². The molecule has 0 radical (unpaired) electrons. The molecule has 2 aliphatic rings. The van der Waals surface area contributed by atoms with Gasteiger partial charge in [-0.2, -0.15) is 0 Å². The second kappa shape index (κ2) is 6.14. The van der Waals surface area contributed by atoms with Gasteiger partial charge in [0.25, 0.3) is 0 Å². The Morgan fingerprint density at radius 2 is 2.10 bits per heavy atom. The molecule has 4 nitrogen and oxygen atoms in total. The van der Waals surface area contributed by atoms with Crippen LogP contribution in [-0.4, -0.2) is 43.0 Å². The first kappa shape index (κ1) is 13.9. The first-order valence-corrected chi connectivity index (χ1v) is 8.44. The summed E-state index contributed by atoms with van der Waals surface area (Å²) in [5.41, 5.74) is 6.07. The van der Waals surface area contributed by atoms with E-state index < -0.39 is 0 Å². The molecule has 2 N–H and O–H groups in total. The van der Waals surface area contributed by atoms with Crippen molar-refractivity contribution in [3.8, 4) is 0 Å². The first-order chi connectivity index (χ1) is 9.74. The number of anilines is 1. The Bertz CT molecular complexity index is 440. The van der Waals surface area contributed by atoms with Gasteiger partial charge in [-0.05, 0) is 36.3 Å². The highest BCUT2D eigenvalue weighted by molar-refractivity contribution is 7.14. The maximum atomic E-state index is 12.3. The molecule has 2 heterocycles. The van der Waals surface area contributed by atoms with Gasteiger partial charge in [-0.1, -0.05) is 6.42 Å². The first-order valence-electron chi connectivity index (χ1n) is 7.56. The molecule has 0 unspecified atom stereocenters. The van der Waals surface area contributed by atoms with Crippen LogP contribution >= 0.6 is 11.3 Å². The zero-order chi connectivity index (χ0) is 13.9. The molecule has 0 aromatic carbocycles. The van der Waals surface area contributed by atoms with E-state index in [1.54, 1.807) is 11.3 Å². The molecule has 5 heteroatoms. The lowest BCUT2D eigenvalue weighted by Gasteiger charge is -2.36. The van der Waals surface area contributed by atoms with E-state index in [0.717, 1.165) is 39.0 Å². The molecule has 1 aliphatic heterocycles. The van der Waals surface area contributed by atoms with Crippen LogP contribution in [0.1, 0.15) is 25.7 Å². The third kappa shape index (κ3) is 2.99. The average Bonchev–Trinajstić information content (AvgIpc) is 3.12. The molecule has 3 rings (SSSR count). The Balaban J connectivity index is 1.49. The van der Waals surface area contributed by atoms with Crippen molar-refractivity contribution in [1.29, 1.82) is 0 Å². The highest BCUT2D eigenvalue weighted by atomic mass is 32.1. The van der Waals surface area contributed by atoms with Crippen molar-refractivity contribution in [2.24, 2.45) is 11.7 Å². The van der Waals surface area contributed by atoms with Gasteiger partial charge in [0.05, 0.1) is 5.00 Å². The Labute approximate surface area is 124 Å². The van der Waals surface area contributed by atoms with Crippen LogP contribution in [0.5, 0.6) is 0 Å². The molecule has 2 atom stereocenters. The van der Waals surface area contributed by atoms with E-state index in [0.29, 0.717) is 18.2 Å². The van der Waals surface area contributed by atoms with Crippen LogP contribution in [0, 0.1) is 5.92 Å². The Morgan fingerprint density at radius 3 is 2.70 bits per heavy atom. The van der Waals surface area contributed by atoms with E-state index in [-0.39, 0.29) is 6.04 Å². The highest BCUT2D eigenvalue weighted by Gasteiger charge is 2.29. The number of amides is 1. The van der Waals surface area contributed by atoms with Crippen LogP contribution in [0.25, 0.3) is 0 Å². The van der Waals surface area contributed by atoms with E-state index in [1.807, 2.05) is 4.90 Å². The Morgan fingerprint density at radius 1 is 1.30 bits per heavy atom. The lowest BCUT2D eigenvalue weighted by Crippen LogP contribution is -2.49. The fourth-order valence-electron chi connectivity index (χ4n) is 3.30. The van der Waals surface area contributed by atoms with E-state index in [2.05, 4.69) is 22.4 Å². The van der Waals surface area contributed by atoms with E-state index >= 15 is 0 Å². The van der Waals surface area contributed by atoms with Crippen molar-refractivity contribution in [2.45, 2.75) is 31.7 Å². The number of thiophene rings is 1. The minimum Gasteiger partial charge on any atom is -0.360 e. The predicted molar refractivity (Wildman–Crippen MR) is 83.0 cm³/mol. The summed E-state index contributed by atoms with van der Waals surface area (Å²) in [4.78, 5) is 16.7. The Hall–Kier alpha value is -1.07. The number of rotatable bonds is 3. The third-order valence-corrected chi connectivity index (χ3v) is 5.53. The molecule has 20 heavy (non-hydrogen) atoms. The fraction of sp³-hybridized carbons (Fsp3) is 0.667. The molecule has 0 bridgehead atoms. The number of piperazine rings is 1. The minimum atomic E-state index is 0.242. The molecule has 1 aliphatic carbocycles. The number of hydrogen-bond acceptors (Lipinski definition) is 4. The molecule has 1 aromatic heterocycles. The lowest BCUT2D eigenvalue weighted by atomic mass is 9.99. The largest absolute Gasteiger partial charge is 0.360 e. The Kier molecular flexibility index (Phi) is 4.27. The van der Waals surface area contributed by atoms with Crippen molar-refractivity contribution >= 4 is 22.2 Å². The normalized spacial score (nSPS) is 27.1. The molecule has 110 valence electrons. The van der Waals surface area contributed by atoms with Crippen molar-refractivity contribution < 1.29 is 4.79 Å². The maximum absolute atomic E-state index is 12.3. The minimum absolute atomic E-state index is 0.242. The lowest BCUT2D eigenvalue weighted by molar-refractivity contribution is -0.132. The summed E-state index contributed by atoms with van der Waals surface area (Å²) in [7, 11) is 0. The van der Waals surface area contributed by atoms with Gasteiger partial charge in [-0.25, -0.2) is 0 Å². The molecule has 0 spiro atoms. The maximum Gasteiger partial charge on any atom is 0.223 e. The quantitative estimate of drug-likeness (QED) is 0.926. The zero-order valence-corrected chi connectivity index (χ0v) is 12.6. The SMILES string of the molecule is N[C@@H]1CCC[C@H]1CC(=O)N1CCN(c2cccs2)CC1. The molecule has 1 amide bonds. The summed E-state index contributed by atoms with van der Waals surface area (Å²) < 4.78 is 0. The molecular weight excluding hydrogens is 270 g/mol. The van der Waals surface area contributed by atoms with Gasteiger partial charge in [-0.15, -0.1) is 11.3 Å². The van der Waals surface area contributed by atoms with E-state index in [9.17, 15) is 4.79 Å². The van der Waals surface area contributed by atoms with Crippen LogP contribution < -0.4 is 10.6 Å². The third-order valence-electron chi connectivity index (χ3n) is 4.60. The second-order valence-corrected chi connectivity index (χ2v) is 6.80. The van der Waals surface area contributed by atoms with Crippen LogP contribution in [-0.2, 0) is 4.79 Å². The highest BCUT2D eigenvalue weighted by Crippen LogP contribution is 2.28. The predicted octanol–water partition coefficient (Wildman–Crippen LogP) is 1.91. The van der Waals surface area contributed by atoms with Gasteiger partial charge in [-0.3, -0.25) is 4.79 Å². The number of carbonyl (C=O) groups excluding carboxylic acids is 1. The van der Waals surface area contributed by atoms with Crippen LogP contribution in [0.3, 0.4) is 0 Å². The van der Waals surface area contributed by atoms with Crippen molar-refractivity contribution in [3.63, 3.8) is 0 Å². The van der Waals surface area contributed by atoms with Crippen molar-refractivity contribution in [2.75, 3.05) is 31.1 Å². The summed E-state index contributed by atoms with van der Waals surface area (Å²) >= 11 is 1.77.